The van der Waals surface area contributed by atoms with E-state index >= 15 is 0 Å². The molecule has 0 atom stereocenters. The number of nitrogens with zero attached hydrogens (tertiary/aromatic N) is 1. The highest BCUT2D eigenvalue weighted by molar-refractivity contribution is 5.81. The number of para-hydroxylation sites is 1. The van der Waals surface area contributed by atoms with Crippen molar-refractivity contribution in [1.82, 2.24) is 0 Å². The molecule has 0 spiro atoms. The van der Waals surface area contributed by atoms with Crippen molar-refractivity contribution in [2.24, 2.45) is 0 Å². The zero-order valence-electron chi connectivity index (χ0n) is 20.5. The number of anilines is 3. The summed E-state index contributed by atoms with van der Waals surface area (Å²) in [6.45, 7) is 5.98. The normalized spacial score (nSPS) is 11.2. The average molecular weight is 464 g/mol. The van der Waals surface area contributed by atoms with Gasteiger partial charge in [0, 0.05) is 17.1 Å². The highest BCUT2D eigenvalue weighted by atomic mass is 15.1. The summed E-state index contributed by atoms with van der Waals surface area (Å²) in [6, 6.07) is 47.2. The van der Waals surface area contributed by atoms with Gasteiger partial charge in [-0.1, -0.05) is 116 Å². The third-order valence-electron chi connectivity index (χ3n) is 6.46. The maximum Gasteiger partial charge on any atom is 0.0462 e. The van der Waals surface area contributed by atoms with Gasteiger partial charge in [0.2, 0.25) is 0 Å². The molecule has 0 saturated carbocycles. The van der Waals surface area contributed by atoms with Gasteiger partial charge in [-0.2, -0.15) is 0 Å². The van der Waals surface area contributed by atoms with Crippen molar-refractivity contribution in [1.29, 1.82) is 0 Å². The van der Waals surface area contributed by atoms with E-state index in [0.717, 1.165) is 22.6 Å². The lowest BCUT2D eigenvalue weighted by atomic mass is 10.00. The summed E-state index contributed by atoms with van der Waals surface area (Å²) in [5, 5.41) is 0. The summed E-state index contributed by atoms with van der Waals surface area (Å²) >= 11 is 0. The monoisotopic (exact) mass is 463 g/mol. The minimum atomic E-state index is 1.12. The Hall–Kier alpha value is -4.62. The van der Waals surface area contributed by atoms with Gasteiger partial charge in [-0.25, -0.2) is 0 Å². The van der Waals surface area contributed by atoms with Crippen molar-refractivity contribution in [3.63, 3.8) is 0 Å². The Labute approximate surface area is 214 Å². The first-order chi connectivity index (χ1) is 17.8. The van der Waals surface area contributed by atoms with Gasteiger partial charge >= 0.3 is 0 Å². The molecule has 0 amide bonds. The quantitative estimate of drug-likeness (QED) is 0.217. The van der Waals surface area contributed by atoms with Crippen molar-refractivity contribution >= 4 is 22.6 Å². The van der Waals surface area contributed by atoms with Crippen LogP contribution in [0.25, 0.3) is 27.8 Å². The van der Waals surface area contributed by atoms with E-state index in [1.807, 2.05) is 19.1 Å². The highest BCUT2D eigenvalue weighted by Gasteiger charge is 2.13. The van der Waals surface area contributed by atoms with Crippen LogP contribution in [0.3, 0.4) is 0 Å². The molecule has 5 rings (SSSR count). The molecular weight excluding hydrogens is 434 g/mol. The highest BCUT2D eigenvalue weighted by Crippen LogP contribution is 2.36. The first-order valence-corrected chi connectivity index (χ1v) is 12.3. The Kier molecular flexibility index (Phi) is 6.91. The lowest BCUT2D eigenvalue weighted by Gasteiger charge is -2.26. The van der Waals surface area contributed by atoms with Crippen molar-refractivity contribution < 1.29 is 0 Å². The van der Waals surface area contributed by atoms with Crippen LogP contribution >= 0.6 is 0 Å². The molecule has 0 N–H and O–H groups in total. The molecule has 0 unspecified atom stereocenters. The maximum atomic E-state index is 3.94. The van der Waals surface area contributed by atoms with Crippen LogP contribution in [-0.4, -0.2) is 0 Å². The molecule has 0 aliphatic carbocycles. The molecule has 174 valence electrons. The van der Waals surface area contributed by atoms with Gasteiger partial charge in [-0.3, -0.25) is 0 Å². The van der Waals surface area contributed by atoms with E-state index in [9.17, 15) is 0 Å². The fraction of sp³-hybridized carbons (Fsp3) is 0.0286. The van der Waals surface area contributed by atoms with Crippen molar-refractivity contribution in [3.05, 3.63) is 158 Å². The maximum absolute atomic E-state index is 3.94. The minimum absolute atomic E-state index is 1.12. The van der Waals surface area contributed by atoms with Crippen LogP contribution in [0.4, 0.5) is 17.1 Å². The van der Waals surface area contributed by atoms with Crippen LogP contribution in [0.15, 0.2) is 152 Å². The lowest BCUT2D eigenvalue weighted by molar-refractivity contribution is 1.28. The van der Waals surface area contributed by atoms with Crippen molar-refractivity contribution in [2.45, 2.75) is 6.92 Å². The molecule has 0 saturated heterocycles. The molecule has 0 heterocycles. The fourth-order valence-corrected chi connectivity index (χ4v) is 4.52. The predicted molar refractivity (Wildman–Crippen MR) is 156 cm³/mol. The van der Waals surface area contributed by atoms with Crippen molar-refractivity contribution in [2.75, 3.05) is 4.90 Å². The molecule has 1 heteroatoms. The van der Waals surface area contributed by atoms with Crippen LogP contribution in [0.1, 0.15) is 12.5 Å². The molecule has 0 bridgehead atoms. The second-order valence-electron chi connectivity index (χ2n) is 8.66. The summed E-state index contributed by atoms with van der Waals surface area (Å²) in [4.78, 5) is 2.29. The van der Waals surface area contributed by atoms with E-state index < -0.39 is 0 Å². The van der Waals surface area contributed by atoms with Gasteiger partial charge in [0.05, 0.1) is 0 Å². The fourth-order valence-electron chi connectivity index (χ4n) is 4.52. The molecule has 5 aromatic rings. The number of hydrogen-bond acceptors (Lipinski definition) is 1. The second kappa shape index (κ2) is 10.8. The Morgan fingerprint density at radius 1 is 0.500 bits per heavy atom. The molecule has 0 aliphatic rings. The molecule has 0 radical (unpaired) electrons. The number of benzene rings is 5. The number of hydrogen-bond donors (Lipinski definition) is 0. The Bertz CT molecular complexity index is 1440. The van der Waals surface area contributed by atoms with Crippen LogP contribution in [0.2, 0.25) is 0 Å². The Morgan fingerprint density at radius 3 is 1.36 bits per heavy atom. The van der Waals surface area contributed by atoms with E-state index in [1.54, 1.807) is 0 Å². The summed E-state index contributed by atoms with van der Waals surface area (Å²) in [5.74, 6) is 0. The van der Waals surface area contributed by atoms with E-state index in [4.69, 9.17) is 0 Å². The van der Waals surface area contributed by atoms with E-state index in [1.165, 1.54) is 27.8 Å². The molecule has 36 heavy (non-hydrogen) atoms. The van der Waals surface area contributed by atoms with Crippen LogP contribution < -0.4 is 4.90 Å². The topological polar surface area (TPSA) is 3.24 Å². The largest absolute Gasteiger partial charge is 0.311 e. The SMILES string of the molecule is C=C/C(=C\C)c1ccc(N(c2ccccc2)c2ccc(-c3ccc(-c4ccccc4)cc3)cc2)cc1. The summed E-state index contributed by atoms with van der Waals surface area (Å²) in [7, 11) is 0. The molecule has 1 nitrogen and oxygen atoms in total. The second-order valence-corrected chi connectivity index (χ2v) is 8.66. The lowest BCUT2D eigenvalue weighted by Crippen LogP contribution is -2.09. The standard InChI is InChI=1S/C35H29N/c1-3-27(4-2)29-19-23-34(24-20-29)36(33-13-9-6-10-14-33)35-25-21-32(22-26-35)31-17-15-30(16-18-31)28-11-7-5-8-12-28/h3-26H,1H2,2H3/b27-4+. The molecule has 5 aromatic carbocycles. The predicted octanol–water partition coefficient (Wildman–Crippen LogP) is 10.1. The summed E-state index contributed by atoms with van der Waals surface area (Å²) in [5.41, 5.74) is 10.5. The van der Waals surface area contributed by atoms with Crippen molar-refractivity contribution in [3.8, 4) is 22.3 Å². The van der Waals surface area contributed by atoms with Gasteiger partial charge in [0.1, 0.15) is 0 Å². The van der Waals surface area contributed by atoms with E-state index in [2.05, 4.69) is 145 Å². The van der Waals surface area contributed by atoms with Crippen LogP contribution in [-0.2, 0) is 0 Å². The first kappa shape index (κ1) is 23.1. The average Bonchev–Trinajstić information content (AvgIpc) is 2.96. The third kappa shape index (κ3) is 4.92. The molecular formula is C35H29N. The van der Waals surface area contributed by atoms with Gasteiger partial charge in [-0.05, 0) is 76.7 Å². The zero-order valence-corrected chi connectivity index (χ0v) is 20.5. The van der Waals surface area contributed by atoms with E-state index in [-0.39, 0.29) is 0 Å². The first-order valence-electron chi connectivity index (χ1n) is 12.3. The van der Waals surface area contributed by atoms with Crippen LogP contribution in [0.5, 0.6) is 0 Å². The van der Waals surface area contributed by atoms with E-state index in [0.29, 0.717) is 0 Å². The Balaban J connectivity index is 1.46. The summed E-state index contributed by atoms with van der Waals surface area (Å²) < 4.78 is 0. The zero-order chi connectivity index (χ0) is 24.7. The van der Waals surface area contributed by atoms with Crippen LogP contribution in [0, 0.1) is 0 Å². The van der Waals surface area contributed by atoms with Gasteiger partial charge in [0.15, 0.2) is 0 Å². The van der Waals surface area contributed by atoms with Gasteiger partial charge in [-0.15, -0.1) is 0 Å². The minimum Gasteiger partial charge on any atom is -0.311 e. The smallest absolute Gasteiger partial charge is 0.0462 e. The third-order valence-corrected chi connectivity index (χ3v) is 6.46. The number of rotatable bonds is 7. The molecule has 0 fully saturated rings. The summed E-state index contributed by atoms with van der Waals surface area (Å²) in [6.07, 6.45) is 3.98. The van der Waals surface area contributed by atoms with Gasteiger partial charge < -0.3 is 4.90 Å². The molecule has 0 aliphatic heterocycles. The molecule has 0 aromatic heterocycles. The number of allylic oxidation sites excluding steroid dienone is 3. The Morgan fingerprint density at radius 2 is 0.889 bits per heavy atom. The van der Waals surface area contributed by atoms with Gasteiger partial charge in [0.25, 0.3) is 0 Å².